The summed E-state index contributed by atoms with van der Waals surface area (Å²) in [4.78, 5) is 27.6. The molecule has 2 saturated heterocycles. The lowest BCUT2D eigenvalue weighted by molar-refractivity contribution is -0.128. The molecule has 0 radical (unpaired) electrons. The van der Waals surface area contributed by atoms with E-state index in [0.29, 0.717) is 5.69 Å². The van der Waals surface area contributed by atoms with Gasteiger partial charge in [0, 0.05) is 5.56 Å². The minimum atomic E-state index is -1.07. The van der Waals surface area contributed by atoms with Crippen molar-refractivity contribution < 1.29 is 19.4 Å². The summed E-state index contributed by atoms with van der Waals surface area (Å²) >= 11 is 0. The van der Waals surface area contributed by atoms with Gasteiger partial charge >= 0.3 is 0 Å². The van der Waals surface area contributed by atoms with Gasteiger partial charge in [0.15, 0.2) is 0 Å². The van der Waals surface area contributed by atoms with Crippen LogP contribution >= 0.6 is 0 Å². The van der Waals surface area contributed by atoms with Crippen LogP contribution in [0.25, 0.3) is 11.1 Å². The zero-order valence-corrected chi connectivity index (χ0v) is 13.9. The van der Waals surface area contributed by atoms with Gasteiger partial charge in [-0.05, 0) is 11.6 Å². The molecule has 3 heterocycles. The van der Waals surface area contributed by atoms with Crippen molar-refractivity contribution in [3.8, 4) is 11.1 Å². The van der Waals surface area contributed by atoms with Gasteiger partial charge in [0.2, 0.25) is 11.8 Å². The second-order valence-electron chi connectivity index (χ2n) is 6.95. The fourth-order valence-electron chi connectivity index (χ4n) is 4.45. The molecule has 0 aromatic heterocycles. The van der Waals surface area contributed by atoms with E-state index in [0.717, 1.165) is 11.1 Å². The highest BCUT2D eigenvalue weighted by atomic mass is 16.5. The molecule has 130 valence electrons. The highest BCUT2D eigenvalue weighted by Gasteiger charge is 2.67. The topological polar surface area (TPSA) is 66.8 Å². The predicted octanol–water partition coefficient (Wildman–Crippen LogP) is 2.16. The lowest BCUT2D eigenvalue weighted by atomic mass is 9.77. The molecule has 0 saturated carbocycles. The number of aliphatic hydroxyl groups excluding tert-OH is 1. The van der Waals surface area contributed by atoms with Crippen molar-refractivity contribution in [3.05, 3.63) is 66.7 Å². The van der Waals surface area contributed by atoms with Crippen LogP contribution in [-0.4, -0.2) is 35.2 Å². The van der Waals surface area contributed by atoms with E-state index in [2.05, 4.69) is 0 Å². The third-order valence-electron chi connectivity index (χ3n) is 5.63. The summed E-state index contributed by atoms with van der Waals surface area (Å²) in [6.45, 7) is -0.311. The molecule has 5 rings (SSSR count). The molecular formula is C21H17NO4. The number of aliphatic hydroxyl groups is 1. The fourth-order valence-corrected chi connectivity index (χ4v) is 4.45. The van der Waals surface area contributed by atoms with E-state index in [9.17, 15) is 14.7 Å². The van der Waals surface area contributed by atoms with Crippen LogP contribution in [0, 0.1) is 11.8 Å². The van der Waals surface area contributed by atoms with Gasteiger partial charge in [-0.1, -0.05) is 60.7 Å². The molecule has 2 bridgehead atoms. The summed E-state index contributed by atoms with van der Waals surface area (Å²) in [6.07, 6.45) is 3.07. The Hall–Kier alpha value is -2.76. The Kier molecular flexibility index (Phi) is 3.20. The summed E-state index contributed by atoms with van der Waals surface area (Å²) in [5, 5.41) is 9.83. The molecule has 5 heteroatoms. The highest BCUT2D eigenvalue weighted by Crippen LogP contribution is 2.52. The SMILES string of the molecule is O=C1[C@H]2[C@@H]3C=C[C@](CO)(O3)[C@@H]2C(=O)N1c1ccccc1-c1ccccc1. The first kappa shape index (κ1) is 15.5. The number of fused-ring (bicyclic) bond motifs is 5. The molecule has 26 heavy (non-hydrogen) atoms. The Labute approximate surface area is 150 Å². The first-order valence-corrected chi connectivity index (χ1v) is 8.66. The molecule has 0 aliphatic carbocycles. The molecule has 3 aliphatic rings. The summed E-state index contributed by atoms with van der Waals surface area (Å²) in [7, 11) is 0. The maximum Gasteiger partial charge on any atom is 0.241 e. The summed E-state index contributed by atoms with van der Waals surface area (Å²) in [5.74, 6) is -1.79. The summed E-state index contributed by atoms with van der Waals surface area (Å²) < 4.78 is 5.79. The average Bonchev–Trinajstić information content (AvgIpc) is 3.33. The van der Waals surface area contributed by atoms with Crippen LogP contribution in [0.5, 0.6) is 0 Å². The van der Waals surface area contributed by atoms with Gasteiger partial charge in [-0.3, -0.25) is 9.59 Å². The smallest absolute Gasteiger partial charge is 0.241 e. The van der Waals surface area contributed by atoms with E-state index < -0.39 is 23.5 Å². The van der Waals surface area contributed by atoms with Crippen LogP contribution in [-0.2, 0) is 14.3 Å². The fraction of sp³-hybridized carbons (Fsp3) is 0.238. The maximum absolute atomic E-state index is 13.2. The zero-order chi connectivity index (χ0) is 17.9. The number of amides is 2. The quantitative estimate of drug-likeness (QED) is 0.682. The number of para-hydroxylation sites is 1. The number of imide groups is 1. The Morgan fingerprint density at radius 1 is 1.00 bits per heavy atom. The Bertz CT molecular complexity index is 938. The van der Waals surface area contributed by atoms with Crippen molar-refractivity contribution >= 4 is 17.5 Å². The van der Waals surface area contributed by atoms with Crippen molar-refractivity contribution in [1.29, 1.82) is 0 Å². The predicted molar refractivity (Wildman–Crippen MR) is 95.2 cm³/mol. The maximum atomic E-state index is 13.2. The normalized spacial score (nSPS) is 31.7. The van der Waals surface area contributed by atoms with Crippen LogP contribution < -0.4 is 4.90 Å². The van der Waals surface area contributed by atoms with Crippen LogP contribution in [0.2, 0.25) is 0 Å². The second kappa shape index (κ2) is 5.37. The van der Waals surface area contributed by atoms with Crippen LogP contribution in [0.1, 0.15) is 0 Å². The number of anilines is 1. The van der Waals surface area contributed by atoms with Crippen molar-refractivity contribution in [2.24, 2.45) is 11.8 Å². The number of benzene rings is 2. The number of carbonyl (C=O) groups is 2. The highest BCUT2D eigenvalue weighted by molar-refractivity contribution is 6.24. The van der Waals surface area contributed by atoms with Gasteiger partial charge < -0.3 is 9.84 Å². The average molecular weight is 347 g/mol. The van der Waals surface area contributed by atoms with Gasteiger partial charge in [-0.15, -0.1) is 0 Å². The van der Waals surface area contributed by atoms with Crippen LogP contribution in [0.15, 0.2) is 66.7 Å². The lowest BCUT2D eigenvalue weighted by Crippen LogP contribution is -2.43. The molecule has 0 spiro atoms. The van der Waals surface area contributed by atoms with E-state index in [-0.39, 0.29) is 18.4 Å². The van der Waals surface area contributed by atoms with Gasteiger partial charge in [0.25, 0.3) is 0 Å². The van der Waals surface area contributed by atoms with Gasteiger partial charge in [0.05, 0.1) is 30.2 Å². The van der Waals surface area contributed by atoms with Crippen molar-refractivity contribution in [1.82, 2.24) is 0 Å². The molecule has 2 aromatic carbocycles. The molecule has 5 nitrogen and oxygen atoms in total. The Balaban J connectivity index is 1.62. The standard InChI is InChI=1S/C21H17NO4/c23-12-21-11-10-16(26-21)17-18(21)20(25)22(19(17)24)15-9-5-4-8-14(15)13-6-2-1-3-7-13/h1-11,16-18,23H,12H2/t16-,17-,18-,21+/m0/s1. The lowest BCUT2D eigenvalue weighted by Gasteiger charge is -2.27. The minimum Gasteiger partial charge on any atom is -0.393 e. The number of hydrogen-bond donors (Lipinski definition) is 1. The number of ether oxygens (including phenoxy) is 1. The van der Waals surface area contributed by atoms with Crippen LogP contribution in [0.4, 0.5) is 5.69 Å². The minimum absolute atomic E-state index is 0.256. The first-order chi connectivity index (χ1) is 12.7. The Morgan fingerprint density at radius 2 is 1.73 bits per heavy atom. The zero-order valence-electron chi connectivity index (χ0n) is 13.9. The molecule has 2 amide bonds. The third-order valence-corrected chi connectivity index (χ3v) is 5.63. The van der Waals surface area contributed by atoms with Gasteiger partial charge in [-0.25, -0.2) is 4.90 Å². The monoisotopic (exact) mass is 347 g/mol. The van der Waals surface area contributed by atoms with E-state index in [1.54, 1.807) is 18.2 Å². The molecule has 1 N–H and O–H groups in total. The number of nitrogens with zero attached hydrogens (tertiary/aromatic N) is 1. The van der Waals surface area contributed by atoms with Crippen molar-refractivity contribution in [2.45, 2.75) is 11.7 Å². The molecule has 2 aromatic rings. The summed E-state index contributed by atoms with van der Waals surface area (Å²) in [6, 6.07) is 17.1. The van der Waals surface area contributed by atoms with Gasteiger partial charge in [-0.2, -0.15) is 0 Å². The van der Waals surface area contributed by atoms with E-state index >= 15 is 0 Å². The summed E-state index contributed by atoms with van der Waals surface area (Å²) in [5.41, 5.74) is 1.28. The number of rotatable bonds is 3. The van der Waals surface area contributed by atoms with Crippen molar-refractivity contribution in [3.63, 3.8) is 0 Å². The molecule has 2 fully saturated rings. The van der Waals surface area contributed by atoms with E-state index in [1.165, 1.54) is 4.90 Å². The molecule has 0 unspecified atom stereocenters. The third kappa shape index (κ3) is 1.87. The second-order valence-corrected chi connectivity index (χ2v) is 6.95. The molecular weight excluding hydrogens is 330 g/mol. The van der Waals surface area contributed by atoms with E-state index in [1.807, 2.05) is 48.5 Å². The van der Waals surface area contributed by atoms with Crippen LogP contribution in [0.3, 0.4) is 0 Å². The van der Waals surface area contributed by atoms with Gasteiger partial charge in [0.1, 0.15) is 5.60 Å². The number of hydrogen-bond acceptors (Lipinski definition) is 4. The van der Waals surface area contributed by atoms with E-state index in [4.69, 9.17) is 4.74 Å². The molecule has 4 atom stereocenters. The Morgan fingerprint density at radius 3 is 2.50 bits per heavy atom. The first-order valence-electron chi connectivity index (χ1n) is 8.66. The largest absolute Gasteiger partial charge is 0.393 e. The molecule has 3 aliphatic heterocycles. The number of carbonyl (C=O) groups excluding carboxylic acids is 2. The van der Waals surface area contributed by atoms with Crippen molar-refractivity contribution in [2.75, 3.05) is 11.5 Å².